The van der Waals surface area contributed by atoms with Crippen molar-refractivity contribution in [3.8, 4) is 0 Å². The van der Waals surface area contributed by atoms with Gasteiger partial charge in [-0.15, -0.1) is 0 Å². The van der Waals surface area contributed by atoms with Gasteiger partial charge in [0.2, 0.25) is 10.0 Å². The lowest BCUT2D eigenvalue weighted by Gasteiger charge is -2.18. The van der Waals surface area contributed by atoms with Gasteiger partial charge in [-0.25, -0.2) is 12.8 Å². The van der Waals surface area contributed by atoms with Gasteiger partial charge in [-0.3, -0.25) is 4.31 Å². The molecule has 88 valence electrons. The standard InChI is InChI=1S/C10H13FN2O2S/c11-8-2-1-3-9(6-8)13-5-4-10(7-12)16(13,14)15/h1-3,6,10H,4-5,7,12H2. The lowest BCUT2D eigenvalue weighted by atomic mass is 10.3. The number of hydrogen-bond acceptors (Lipinski definition) is 3. The molecule has 1 saturated heterocycles. The topological polar surface area (TPSA) is 63.4 Å². The van der Waals surface area contributed by atoms with E-state index in [0.29, 0.717) is 18.7 Å². The summed E-state index contributed by atoms with van der Waals surface area (Å²) >= 11 is 0. The first-order valence-corrected chi connectivity index (χ1v) is 6.53. The molecule has 0 spiro atoms. The molecule has 0 aromatic heterocycles. The van der Waals surface area contributed by atoms with Crippen molar-refractivity contribution in [2.24, 2.45) is 5.73 Å². The summed E-state index contributed by atoms with van der Waals surface area (Å²) in [6, 6.07) is 5.58. The van der Waals surface area contributed by atoms with Crippen molar-refractivity contribution < 1.29 is 12.8 Å². The van der Waals surface area contributed by atoms with E-state index in [4.69, 9.17) is 5.73 Å². The third kappa shape index (κ3) is 1.78. The van der Waals surface area contributed by atoms with Gasteiger partial charge in [0, 0.05) is 13.1 Å². The van der Waals surface area contributed by atoms with Gasteiger partial charge in [-0.1, -0.05) is 6.07 Å². The number of nitrogens with two attached hydrogens (primary N) is 1. The maximum Gasteiger partial charge on any atom is 0.239 e. The van der Waals surface area contributed by atoms with E-state index in [1.165, 1.54) is 22.5 Å². The third-order valence-electron chi connectivity index (χ3n) is 2.74. The van der Waals surface area contributed by atoms with Gasteiger partial charge in [0.1, 0.15) is 5.82 Å². The molecule has 0 saturated carbocycles. The number of benzene rings is 1. The summed E-state index contributed by atoms with van der Waals surface area (Å²) in [5.41, 5.74) is 5.77. The highest BCUT2D eigenvalue weighted by Crippen LogP contribution is 2.28. The summed E-state index contributed by atoms with van der Waals surface area (Å²) in [6.07, 6.45) is 0.495. The molecule has 0 aliphatic carbocycles. The van der Waals surface area contributed by atoms with Gasteiger partial charge in [0.25, 0.3) is 0 Å². The lowest BCUT2D eigenvalue weighted by molar-refractivity contribution is 0.588. The molecule has 6 heteroatoms. The summed E-state index contributed by atoms with van der Waals surface area (Å²) < 4.78 is 38.2. The maximum atomic E-state index is 13.0. The first-order valence-electron chi connectivity index (χ1n) is 5.03. The quantitative estimate of drug-likeness (QED) is 0.832. The molecule has 1 aliphatic heterocycles. The Morgan fingerprint density at radius 2 is 2.25 bits per heavy atom. The van der Waals surface area contributed by atoms with Crippen molar-refractivity contribution >= 4 is 15.7 Å². The van der Waals surface area contributed by atoms with Crippen molar-refractivity contribution in [3.05, 3.63) is 30.1 Å². The second kappa shape index (κ2) is 4.03. The number of hydrogen-bond donors (Lipinski definition) is 1. The zero-order chi connectivity index (χ0) is 11.8. The smallest absolute Gasteiger partial charge is 0.239 e. The molecule has 0 bridgehead atoms. The van der Waals surface area contributed by atoms with Crippen molar-refractivity contribution in [3.63, 3.8) is 0 Å². The number of anilines is 1. The van der Waals surface area contributed by atoms with Crippen LogP contribution in [0.1, 0.15) is 6.42 Å². The minimum absolute atomic E-state index is 0.105. The van der Waals surface area contributed by atoms with Crippen molar-refractivity contribution in [2.45, 2.75) is 11.7 Å². The molecular weight excluding hydrogens is 231 g/mol. The van der Waals surface area contributed by atoms with E-state index in [-0.39, 0.29) is 6.54 Å². The fraction of sp³-hybridized carbons (Fsp3) is 0.400. The van der Waals surface area contributed by atoms with E-state index >= 15 is 0 Å². The first-order chi connectivity index (χ1) is 7.55. The van der Waals surface area contributed by atoms with E-state index in [0.717, 1.165) is 0 Å². The maximum absolute atomic E-state index is 13.0. The Kier molecular flexibility index (Phi) is 2.86. The molecule has 1 aromatic carbocycles. The third-order valence-corrected chi connectivity index (χ3v) is 5.02. The summed E-state index contributed by atoms with van der Waals surface area (Å²) in [6.45, 7) is 0.474. The van der Waals surface area contributed by atoms with E-state index in [2.05, 4.69) is 0 Å². The molecule has 1 heterocycles. The fourth-order valence-corrected chi connectivity index (χ4v) is 3.64. The Balaban J connectivity index is 2.37. The van der Waals surface area contributed by atoms with Gasteiger partial charge in [0.15, 0.2) is 0 Å². The fourth-order valence-electron chi connectivity index (χ4n) is 1.86. The molecule has 1 fully saturated rings. The molecule has 0 radical (unpaired) electrons. The van der Waals surface area contributed by atoms with Crippen LogP contribution in [0.5, 0.6) is 0 Å². The molecule has 2 rings (SSSR count). The summed E-state index contributed by atoms with van der Waals surface area (Å²) in [4.78, 5) is 0. The number of nitrogens with zero attached hydrogens (tertiary/aromatic N) is 1. The van der Waals surface area contributed by atoms with Gasteiger partial charge in [0.05, 0.1) is 10.9 Å². The van der Waals surface area contributed by atoms with Gasteiger partial charge in [-0.05, 0) is 24.6 Å². The van der Waals surface area contributed by atoms with Crippen molar-refractivity contribution in [1.29, 1.82) is 0 Å². The highest BCUT2D eigenvalue weighted by atomic mass is 32.2. The Hall–Kier alpha value is -1.14. The van der Waals surface area contributed by atoms with Crippen LogP contribution in [0.4, 0.5) is 10.1 Å². The van der Waals surface area contributed by atoms with Crippen LogP contribution in [0, 0.1) is 5.82 Å². The van der Waals surface area contributed by atoms with Crippen LogP contribution < -0.4 is 10.0 Å². The van der Waals surface area contributed by atoms with E-state index < -0.39 is 21.1 Å². The highest BCUT2D eigenvalue weighted by Gasteiger charge is 2.37. The number of rotatable bonds is 2. The Morgan fingerprint density at radius 1 is 1.50 bits per heavy atom. The average molecular weight is 244 g/mol. The van der Waals surface area contributed by atoms with Crippen LogP contribution in [0.15, 0.2) is 24.3 Å². The minimum Gasteiger partial charge on any atom is -0.329 e. The SMILES string of the molecule is NCC1CCN(c2cccc(F)c2)S1(=O)=O. The lowest BCUT2D eigenvalue weighted by Crippen LogP contribution is -2.33. The molecule has 1 aliphatic rings. The van der Waals surface area contributed by atoms with Crippen LogP contribution in [-0.4, -0.2) is 26.8 Å². The summed E-state index contributed by atoms with van der Waals surface area (Å²) in [5.74, 6) is -0.441. The van der Waals surface area contributed by atoms with Crippen LogP contribution in [0.2, 0.25) is 0 Å². The Bertz CT molecular complexity index is 489. The molecule has 1 aromatic rings. The molecular formula is C10H13FN2O2S. The Morgan fingerprint density at radius 3 is 2.81 bits per heavy atom. The van der Waals surface area contributed by atoms with Gasteiger partial charge in [-0.2, -0.15) is 0 Å². The molecule has 16 heavy (non-hydrogen) atoms. The molecule has 0 amide bonds. The van der Waals surface area contributed by atoms with Crippen molar-refractivity contribution in [1.82, 2.24) is 0 Å². The molecule has 1 unspecified atom stereocenters. The number of sulfonamides is 1. The predicted molar refractivity (Wildman–Crippen MR) is 60.1 cm³/mol. The van der Waals surface area contributed by atoms with Gasteiger partial charge < -0.3 is 5.73 Å². The monoisotopic (exact) mass is 244 g/mol. The zero-order valence-corrected chi connectivity index (χ0v) is 9.45. The Labute approximate surface area is 93.9 Å². The van der Waals surface area contributed by atoms with E-state index in [1.807, 2.05) is 0 Å². The van der Waals surface area contributed by atoms with Crippen molar-refractivity contribution in [2.75, 3.05) is 17.4 Å². The normalized spacial score (nSPS) is 23.6. The molecule has 4 nitrogen and oxygen atoms in total. The second-order valence-corrected chi connectivity index (χ2v) is 5.88. The van der Waals surface area contributed by atoms with Crippen LogP contribution in [0.25, 0.3) is 0 Å². The highest BCUT2D eigenvalue weighted by molar-refractivity contribution is 7.93. The number of halogens is 1. The molecule has 2 N–H and O–H groups in total. The van der Waals surface area contributed by atoms with E-state index in [1.54, 1.807) is 6.07 Å². The largest absolute Gasteiger partial charge is 0.329 e. The predicted octanol–water partition coefficient (Wildman–Crippen LogP) is 0.693. The minimum atomic E-state index is -3.41. The van der Waals surface area contributed by atoms with Crippen LogP contribution in [-0.2, 0) is 10.0 Å². The average Bonchev–Trinajstić information content (AvgIpc) is 2.53. The zero-order valence-electron chi connectivity index (χ0n) is 8.64. The first kappa shape index (κ1) is 11.3. The van der Waals surface area contributed by atoms with Gasteiger partial charge >= 0.3 is 0 Å². The van der Waals surface area contributed by atoms with Crippen LogP contribution in [0.3, 0.4) is 0 Å². The van der Waals surface area contributed by atoms with Crippen LogP contribution >= 0.6 is 0 Å². The van der Waals surface area contributed by atoms with E-state index in [9.17, 15) is 12.8 Å². The molecule has 1 atom stereocenters. The summed E-state index contributed by atoms with van der Waals surface area (Å²) in [7, 11) is -3.41. The summed E-state index contributed by atoms with van der Waals surface area (Å²) in [5, 5.41) is -0.546. The second-order valence-electron chi connectivity index (χ2n) is 3.74.